The van der Waals surface area contributed by atoms with E-state index in [0.717, 1.165) is 23.6 Å². The van der Waals surface area contributed by atoms with E-state index in [-0.39, 0.29) is 11.9 Å². The Balaban J connectivity index is 2.94. The third kappa shape index (κ3) is 3.32. The lowest BCUT2D eigenvalue weighted by Gasteiger charge is -2.08. The van der Waals surface area contributed by atoms with Crippen molar-refractivity contribution in [2.24, 2.45) is 5.92 Å². The Labute approximate surface area is 103 Å². The Bertz CT molecular complexity index is 383. The van der Waals surface area contributed by atoms with E-state index in [9.17, 15) is 4.79 Å². The normalized spacial score (nSPS) is 12.8. The van der Waals surface area contributed by atoms with Gasteiger partial charge in [0.25, 0.3) is 0 Å². The molecule has 0 aliphatic rings. The maximum absolute atomic E-state index is 11.6. The van der Waals surface area contributed by atoms with Gasteiger partial charge in [0.15, 0.2) is 0 Å². The standard InChI is InChI=1S/C13H22N2O2/c1-6-10(13(16)17-5)12-14-9(4)11(15-12)7-8(2)3/h8,10H,6-7H2,1-5H3,(H,14,15). The number of esters is 1. The SMILES string of the molecule is CCC(C(=O)OC)c1nc(CC(C)C)c(C)[nH]1. The summed E-state index contributed by atoms with van der Waals surface area (Å²) in [6, 6.07) is 0. The van der Waals surface area contributed by atoms with Crippen molar-refractivity contribution >= 4 is 5.97 Å². The number of nitrogens with zero attached hydrogens (tertiary/aromatic N) is 1. The van der Waals surface area contributed by atoms with E-state index in [2.05, 4.69) is 23.8 Å². The number of carbonyl (C=O) groups is 1. The quantitative estimate of drug-likeness (QED) is 0.802. The number of aromatic amines is 1. The molecule has 1 unspecified atom stereocenters. The maximum Gasteiger partial charge on any atom is 0.316 e. The number of H-pyrrole nitrogens is 1. The van der Waals surface area contributed by atoms with Gasteiger partial charge in [0.1, 0.15) is 11.7 Å². The molecule has 0 saturated carbocycles. The second kappa shape index (κ2) is 5.84. The summed E-state index contributed by atoms with van der Waals surface area (Å²) in [7, 11) is 1.41. The van der Waals surface area contributed by atoms with Crippen molar-refractivity contribution in [2.75, 3.05) is 7.11 Å². The van der Waals surface area contributed by atoms with E-state index in [0.29, 0.717) is 12.3 Å². The van der Waals surface area contributed by atoms with Crippen molar-refractivity contribution in [3.05, 3.63) is 17.2 Å². The predicted molar refractivity (Wildman–Crippen MR) is 66.9 cm³/mol. The van der Waals surface area contributed by atoms with Gasteiger partial charge in [-0.25, -0.2) is 4.98 Å². The molecule has 0 spiro atoms. The fourth-order valence-electron chi connectivity index (χ4n) is 1.89. The van der Waals surface area contributed by atoms with Crippen LogP contribution in [0.3, 0.4) is 0 Å². The van der Waals surface area contributed by atoms with Crippen LogP contribution in [-0.2, 0) is 16.0 Å². The van der Waals surface area contributed by atoms with Crippen LogP contribution in [0.2, 0.25) is 0 Å². The summed E-state index contributed by atoms with van der Waals surface area (Å²) in [5.74, 6) is 0.785. The van der Waals surface area contributed by atoms with Gasteiger partial charge in [0, 0.05) is 5.69 Å². The number of carbonyl (C=O) groups excluding carboxylic acids is 1. The number of hydrogen-bond acceptors (Lipinski definition) is 3. The summed E-state index contributed by atoms with van der Waals surface area (Å²) in [6.07, 6.45) is 1.63. The molecule has 0 bridgehead atoms. The number of ether oxygens (including phenoxy) is 1. The zero-order valence-corrected chi connectivity index (χ0v) is 11.3. The van der Waals surface area contributed by atoms with Crippen molar-refractivity contribution in [3.63, 3.8) is 0 Å². The Kier molecular flexibility index (Phi) is 4.73. The van der Waals surface area contributed by atoms with E-state index in [1.54, 1.807) is 0 Å². The molecule has 17 heavy (non-hydrogen) atoms. The van der Waals surface area contributed by atoms with Crippen LogP contribution in [0.5, 0.6) is 0 Å². The van der Waals surface area contributed by atoms with Gasteiger partial charge in [-0.1, -0.05) is 20.8 Å². The van der Waals surface area contributed by atoms with Gasteiger partial charge < -0.3 is 9.72 Å². The first-order valence-electron chi connectivity index (χ1n) is 6.12. The molecule has 0 saturated heterocycles. The molecule has 1 N–H and O–H groups in total. The molecular weight excluding hydrogens is 216 g/mol. The first kappa shape index (κ1) is 13.7. The Morgan fingerprint density at radius 3 is 2.59 bits per heavy atom. The van der Waals surface area contributed by atoms with Crippen LogP contribution < -0.4 is 0 Å². The fourth-order valence-corrected chi connectivity index (χ4v) is 1.89. The van der Waals surface area contributed by atoms with Gasteiger partial charge in [-0.2, -0.15) is 0 Å². The average molecular weight is 238 g/mol. The van der Waals surface area contributed by atoms with Gasteiger partial charge in [0.2, 0.25) is 0 Å². The van der Waals surface area contributed by atoms with Crippen LogP contribution in [0.25, 0.3) is 0 Å². The highest BCUT2D eigenvalue weighted by molar-refractivity contribution is 5.76. The summed E-state index contributed by atoms with van der Waals surface area (Å²) >= 11 is 0. The highest BCUT2D eigenvalue weighted by Gasteiger charge is 2.23. The molecule has 4 heteroatoms. The van der Waals surface area contributed by atoms with Crippen molar-refractivity contribution in [1.82, 2.24) is 9.97 Å². The summed E-state index contributed by atoms with van der Waals surface area (Å²) in [5, 5.41) is 0. The summed E-state index contributed by atoms with van der Waals surface area (Å²) < 4.78 is 4.79. The average Bonchev–Trinajstić information content (AvgIpc) is 2.60. The Morgan fingerprint density at radius 2 is 2.12 bits per heavy atom. The predicted octanol–water partition coefficient (Wildman–Crippen LogP) is 2.58. The van der Waals surface area contributed by atoms with Gasteiger partial charge in [-0.3, -0.25) is 4.79 Å². The number of methoxy groups -OCH3 is 1. The molecule has 4 nitrogen and oxygen atoms in total. The summed E-state index contributed by atoms with van der Waals surface area (Å²) in [6.45, 7) is 8.27. The number of hydrogen-bond donors (Lipinski definition) is 1. The van der Waals surface area contributed by atoms with Crippen molar-refractivity contribution < 1.29 is 9.53 Å². The van der Waals surface area contributed by atoms with Crippen LogP contribution >= 0.6 is 0 Å². The summed E-state index contributed by atoms with van der Waals surface area (Å²) in [5.41, 5.74) is 2.11. The van der Waals surface area contributed by atoms with Crippen molar-refractivity contribution in [2.45, 2.75) is 46.5 Å². The highest BCUT2D eigenvalue weighted by atomic mass is 16.5. The van der Waals surface area contributed by atoms with Crippen molar-refractivity contribution in [3.8, 4) is 0 Å². The molecule has 1 heterocycles. The Hall–Kier alpha value is -1.32. The highest BCUT2D eigenvalue weighted by Crippen LogP contribution is 2.21. The van der Waals surface area contributed by atoms with E-state index in [4.69, 9.17) is 4.74 Å². The number of imidazole rings is 1. The lowest BCUT2D eigenvalue weighted by Crippen LogP contribution is -2.15. The summed E-state index contributed by atoms with van der Waals surface area (Å²) in [4.78, 5) is 19.3. The molecule has 0 fully saturated rings. The number of nitrogens with one attached hydrogen (secondary N) is 1. The minimum Gasteiger partial charge on any atom is -0.468 e. The molecule has 1 atom stereocenters. The molecule has 0 radical (unpaired) electrons. The van der Waals surface area contributed by atoms with E-state index in [1.165, 1.54) is 7.11 Å². The third-order valence-corrected chi connectivity index (χ3v) is 2.83. The van der Waals surface area contributed by atoms with Gasteiger partial charge in [0.05, 0.1) is 12.8 Å². The zero-order valence-electron chi connectivity index (χ0n) is 11.3. The third-order valence-electron chi connectivity index (χ3n) is 2.83. The van der Waals surface area contributed by atoms with Gasteiger partial charge in [-0.15, -0.1) is 0 Å². The van der Waals surface area contributed by atoms with Gasteiger partial charge in [-0.05, 0) is 25.7 Å². The van der Waals surface area contributed by atoms with Gasteiger partial charge >= 0.3 is 5.97 Å². The van der Waals surface area contributed by atoms with Crippen LogP contribution in [0.1, 0.15) is 50.3 Å². The van der Waals surface area contributed by atoms with Crippen LogP contribution in [-0.4, -0.2) is 23.0 Å². The molecule has 1 rings (SSSR count). The molecule has 0 aliphatic carbocycles. The molecule has 0 amide bonds. The van der Waals surface area contributed by atoms with Crippen LogP contribution in [0.15, 0.2) is 0 Å². The first-order valence-corrected chi connectivity index (χ1v) is 6.12. The molecule has 0 aromatic carbocycles. The lowest BCUT2D eigenvalue weighted by atomic mass is 10.1. The first-order chi connectivity index (χ1) is 7.99. The monoisotopic (exact) mass is 238 g/mol. The van der Waals surface area contributed by atoms with Crippen LogP contribution in [0.4, 0.5) is 0 Å². The minimum atomic E-state index is -0.278. The van der Waals surface area contributed by atoms with E-state index in [1.807, 2.05) is 13.8 Å². The number of aryl methyl sites for hydroxylation is 1. The lowest BCUT2D eigenvalue weighted by molar-refractivity contribution is -0.142. The number of aromatic nitrogens is 2. The molecule has 1 aromatic heterocycles. The van der Waals surface area contributed by atoms with Crippen LogP contribution in [0, 0.1) is 12.8 Å². The second-order valence-electron chi connectivity index (χ2n) is 4.78. The largest absolute Gasteiger partial charge is 0.468 e. The molecular formula is C13H22N2O2. The molecule has 1 aromatic rings. The molecule has 0 aliphatic heterocycles. The topological polar surface area (TPSA) is 55.0 Å². The molecule has 96 valence electrons. The smallest absolute Gasteiger partial charge is 0.316 e. The minimum absolute atomic E-state index is 0.225. The van der Waals surface area contributed by atoms with Crippen molar-refractivity contribution in [1.29, 1.82) is 0 Å². The zero-order chi connectivity index (χ0) is 13.0. The van der Waals surface area contributed by atoms with E-state index < -0.39 is 0 Å². The van der Waals surface area contributed by atoms with E-state index >= 15 is 0 Å². The maximum atomic E-state index is 11.6. The second-order valence-corrected chi connectivity index (χ2v) is 4.78. The number of rotatable bonds is 5. The Morgan fingerprint density at radius 1 is 1.47 bits per heavy atom. The fraction of sp³-hybridized carbons (Fsp3) is 0.692.